The predicted molar refractivity (Wildman–Crippen MR) is 45.2 cm³/mol. The molecule has 1 atom stereocenters. The van der Waals surface area contributed by atoms with Crippen molar-refractivity contribution in [2.75, 3.05) is 0 Å². The number of nitrogens with two attached hydrogens (primary N) is 1. The van der Waals surface area contributed by atoms with Crippen LogP contribution in [0.5, 0.6) is 0 Å². The van der Waals surface area contributed by atoms with Crippen LogP contribution >= 0.6 is 0 Å². The van der Waals surface area contributed by atoms with Gasteiger partial charge in [-0.3, -0.25) is 4.79 Å². The Morgan fingerprint density at radius 2 is 2.42 bits per heavy atom. The molecule has 0 spiro atoms. The summed E-state index contributed by atoms with van der Waals surface area (Å²) in [4.78, 5) is 10.3. The highest BCUT2D eigenvalue weighted by molar-refractivity contribution is 6.00. The Morgan fingerprint density at radius 3 is 2.92 bits per heavy atom. The fourth-order valence-corrected chi connectivity index (χ4v) is 0.960. The Hall–Kier alpha value is -1.42. The molecule has 12 heavy (non-hydrogen) atoms. The molecule has 64 valence electrons. The summed E-state index contributed by atoms with van der Waals surface area (Å²) in [7, 11) is 0. The minimum absolute atomic E-state index is 0.0500. The van der Waals surface area contributed by atoms with Gasteiger partial charge in [0.05, 0.1) is 18.2 Å². The number of hydrogen-bond acceptors (Lipinski definition) is 3. The summed E-state index contributed by atoms with van der Waals surface area (Å²) < 4.78 is 0. The average Bonchev–Trinajstić information content (AvgIpc) is 1.96. The van der Waals surface area contributed by atoms with Crippen molar-refractivity contribution in [2.45, 2.75) is 12.5 Å². The molecule has 1 rings (SSSR count). The highest BCUT2D eigenvalue weighted by atomic mass is 16.4. The standard InChI is InChI=1S/C8H10N2O2/c9-6-2-1-5(3-7(6)10)4-8(11)12/h1-3,6,10H,4,9H2,(H,11,12). The molecule has 1 aliphatic rings. The van der Waals surface area contributed by atoms with Crippen LogP contribution in [0.3, 0.4) is 0 Å². The molecule has 0 aromatic rings. The molecule has 0 saturated heterocycles. The smallest absolute Gasteiger partial charge is 0.307 e. The summed E-state index contributed by atoms with van der Waals surface area (Å²) in [6.07, 6.45) is 4.72. The predicted octanol–water partition coefficient (Wildman–Crippen LogP) is 0.304. The minimum atomic E-state index is -0.894. The van der Waals surface area contributed by atoms with Crippen LogP contribution in [0.25, 0.3) is 0 Å². The zero-order valence-corrected chi connectivity index (χ0v) is 6.45. The Balaban J connectivity index is 2.70. The number of aliphatic carboxylic acids is 1. The van der Waals surface area contributed by atoms with Gasteiger partial charge < -0.3 is 16.2 Å². The van der Waals surface area contributed by atoms with E-state index in [0.29, 0.717) is 5.57 Å². The topological polar surface area (TPSA) is 87.2 Å². The minimum Gasteiger partial charge on any atom is -0.481 e. The first-order chi connectivity index (χ1) is 5.59. The van der Waals surface area contributed by atoms with E-state index in [1.807, 2.05) is 0 Å². The fraction of sp³-hybridized carbons (Fsp3) is 0.250. The summed E-state index contributed by atoms with van der Waals surface area (Å²) in [6, 6.07) is -0.387. The lowest BCUT2D eigenvalue weighted by molar-refractivity contribution is -0.136. The van der Waals surface area contributed by atoms with E-state index in [1.54, 1.807) is 12.2 Å². The van der Waals surface area contributed by atoms with Gasteiger partial charge in [-0.15, -0.1) is 0 Å². The molecule has 0 saturated carbocycles. The SMILES string of the molecule is N=C1C=C(CC(=O)O)C=CC1N. The van der Waals surface area contributed by atoms with E-state index in [1.165, 1.54) is 6.08 Å². The van der Waals surface area contributed by atoms with E-state index in [0.717, 1.165) is 0 Å². The number of carboxylic acids is 1. The Kier molecular flexibility index (Phi) is 2.40. The summed E-state index contributed by atoms with van der Waals surface area (Å²) in [5, 5.41) is 15.8. The number of nitrogens with one attached hydrogen (secondary N) is 1. The Morgan fingerprint density at radius 1 is 1.75 bits per heavy atom. The molecule has 1 aliphatic carbocycles. The van der Waals surface area contributed by atoms with Crippen molar-refractivity contribution in [1.82, 2.24) is 0 Å². The van der Waals surface area contributed by atoms with Crippen LogP contribution in [0.2, 0.25) is 0 Å². The van der Waals surface area contributed by atoms with Crippen LogP contribution in [0.15, 0.2) is 23.8 Å². The molecule has 0 bridgehead atoms. The molecule has 4 N–H and O–H groups in total. The fourth-order valence-electron chi connectivity index (χ4n) is 0.960. The van der Waals surface area contributed by atoms with Crippen LogP contribution < -0.4 is 5.73 Å². The van der Waals surface area contributed by atoms with Gasteiger partial charge in [-0.25, -0.2) is 0 Å². The van der Waals surface area contributed by atoms with Gasteiger partial charge in [0, 0.05) is 0 Å². The zero-order valence-electron chi connectivity index (χ0n) is 6.45. The number of rotatable bonds is 2. The lowest BCUT2D eigenvalue weighted by atomic mass is 10.00. The van der Waals surface area contributed by atoms with Crippen molar-refractivity contribution in [1.29, 1.82) is 5.41 Å². The second-order valence-electron chi connectivity index (χ2n) is 2.63. The van der Waals surface area contributed by atoms with E-state index in [-0.39, 0.29) is 18.2 Å². The van der Waals surface area contributed by atoms with Crippen LogP contribution in [-0.2, 0) is 4.79 Å². The molecule has 0 aromatic carbocycles. The highest BCUT2D eigenvalue weighted by Gasteiger charge is 2.11. The lowest BCUT2D eigenvalue weighted by Gasteiger charge is -2.11. The van der Waals surface area contributed by atoms with E-state index in [4.69, 9.17) is 16.2 Å². The van der Waals surface area contributed by atoms with Gasteiger partial charge in [0.25, 0.3) is 0 Å². The van der Waals surface area contributed by atoms with Gasteiger partial charge in [0.1, 0.15) is 0 Å². The third-order valence-electron chi connectivity index (χ3n) is 1.57. The molecule has 0 fully saturated rings. The first-order valence-corrected chi connectivity index (χ1v) is 3.54. The van der Waals surface area contributed by atoms with Crippen molar-refractivity contribution in [3.05, 3.63) is 23.8 Å². The summed E-state index contributed by atoms with van der Waals surface area (Å²) in [5.74, 6) is -0.894. The molecule has 0 aromatic heterocycles. The normalized spacial score (nSPS) is 22.2. The number of hydrogen-bond donors (Lipinski definition) is 3. The van der Waals surface area contributed by atoms with Gasteiger partial charge in [-0.2, -0.15) is 0 Å². The van der Waals surface area contributed by atoms with Crippen molar-refractivity contribution >= 4 is 11.7 Å². The Bertz CT molecular complexity index is 279. The second kappa shape index (κ2) is 3.32. The Labute approximate surface area is 69.9 Å². The third kappa shape index (κ3) is 2.03. The first-order valence-electron chi connectivity index (χ1n) is 3.54. The largest absolute Gasteiger partial charge is 0.481 e. The molecule has 0 amide bonds. The van der Waals surface area contributed by atoms with E-state index in [2.05, 4.69) is 0 Å². The molecular weight excluding hydrogens is 156 g/mol. The second-order valence-corrected chi connectivity index (χ2v) is 2.63. The van der Waals surface area contributed by atoms with Crippen molar-refractivity contribution < 1.29 is 9.90 Å². The average molecular weight is 166 g/mol. The maximum atomic E-state index is 10.3. The van der Waals surface area contributed by atoms with Crippen LogP contribution in [-0.4, -0.2) is 22.8 Å². The molecular formula is C8H10N2O2. The molecule has 1 unspecified atom stereocenters. The molecule has 4 nitrogen and oxygen atoms in total. The van der Waals surface area contributed by atoms with Gasteiger partial charge in [0.2, 0.25) is 0 Å². The van der Waals surface area contributed by atoms with Crippen molar-refractivity contribution in [3.63, 3.8) is 0 Å². The van der Waals surface area contributed by atoms with Crippen molar-refractivity contribution in [2.24, 2.45) is 5.73 Å². The van der Waals surface area contributed by atoms with E-state index in [9.17, 15) is 4.79 Å². The summed E-state index contributed by atoms with van der Waals surface area (Å²) in [6.45, 7) is 0. The third-order valence-corrected chi connectivity index (χ3v) is 1.57. The monoisotopic (exact) mass is 166 g/mol. The first kappa shape index (κ1) is 8.67. The molecule has 4 heteroatoms. The zero-order chi connectivity index (χ0) is 9.14. The molecule has 0 radical (unpaired) electrons. The lowest BCUT2D eigenvalue weighted by Crippen LogP contribution is -2.28. The van der Waals surface area contributed by atoms with Gasteiger partial charge in [-0.1, -0.05) is 12.2 Å². The maximum absolute atomic E-state index is 10.3. The maximum Gasteiger partial charge on any atom is 0.307 e. The highest BCUT2D eigenvalue weighted by Crippen LogP contribution is 2.10. The number of allylic oxidation sites excluding steroid dienone is 1. The number of carbonyl (C=O) groups is 1. The van der Waals surface area contributed by atoms with Gasteiger partial charge >= 0.3 is 5.97 Å². The van der Waals surface area contributed by atoms with Crippen LogP contribution in [0, 0.1) is 5.41 Å². The van der Waals surface area contributed by atoms with Gasteiger partial charge in [-0.05, 0) is 11.6 Å². The quantitative estimate of drug-likeness (QED) is 0.551. The molecule has 0 aliphatic heterocycles. The van der Waals surface area contributed by atoms with E-state index >= 15 is 0 Å². The van der Waals surface area contributed by atoms with E-state index < -0.39 is 5.97 Å². The number of carboxylic acid groups (broad SMARTS) is 1. The molecule has 0 heterocycles. The van der Waals surface area contributed by atoms with Crippen LogP contribution in [0.4, 0.5) is 0 Å². The van der Waals surface area contributed by atoms with Crippen molar-refractivity contribution in [3.8, 4) is 0 Å². The van der Waals surface area contributed by atoms with Gasteiger partial charge in [0.15, 0.2) is 0 Å². The summed E-state index contributed by atoms with van der Waals surface area (Å²) >= 11 is 0. The summed E-state index contributed by atoms with van der Waals surface area (Å²) in [5.41, 5.74) is 6.35. The van der Waals surface area contributed by atoms with Crippen LogP contribution in [0.1, 0.15) is 6.42 Å².